The van der Waals surface area contributed by atoms with E-state index in [4.69, 9.17) is 0 Å². The fourth-order valence-corrected chi connectivity index (χ4v) is 13.6. The van der Waals surface area contributed by atoms with Crippen molar-refractivity contribution in [2.24, 2.45) is 0 Å². The van der Waals surface area contributed by atoms with E-state index in [1.165, 1.54) is 112 Å². The summed E-state index contributed by atoms with van der Waals surface area (Å²) in [5.41, 5.74) is 20.9. The molecule has 2 aromatic heterocycles. The average molecular weight is 768 g/mol. The summed E-state index contributed by atoms with van der Waals surface area (Å²) in [6.07, 6.45) is 10.9. The molecule has 0 saturated carbocycles. The van der Waals surface area contributed by atoms with E-state index in [1.807, 2.05) is 0 Å². The van der Waals surface area contributed by atoms with E-state index in [9.17, 15) is 0 Å². The molecule has 4 heteroatoms. The third-order valence-electron chi connectivity index (χ3n) is 13.9. The minimum atomic E-state index is -0.0765. The number of aromatic nitrogens is 2. The zero-order valence-electron chi connectivity index (χ0n) is 32.5. The van der Waals surface area contributed by atoms with Crippen LogP contribution in [0.5, 0.6) is 0 Å². The van der Waals surface area contributed by atoms with Gasteiger partial charge in [0, 0.05) is 0 Å². The normalized spacial score (nSPS) is 18.6. The first kappa shape index (κ1) is 33.1. The number of aryl methyl sites for hydroxylation is 2. The molecule has 0 amide bonds. The van der Waals surface area contributed by atoms with Crippen LogP contribution in [0.4, 0.5) is 0 Å². The molecular formula is C50H49BN2Se. The number of benzene rings is 5. The summed E-state index contributed by atoms with van der Waals surface area (Å²) in [5.74, 6) is 0. The summed E-state index contributed by atoms with van der Waals surface area (Å²) in [7, 11) is 0. The van der Waals surface area contributed by atoms with Crippen molar-refractivity contribution in [1.29, 1.82) is 0 Å². The molecule has 54 heavy (non-hydrogen) atoms. The second-order valence-corrected chi connectivity index (χ2v) is 20.1. The van der Waals surface area contributed by atoms with E-state index in [1.54, 1.807) is 31.1 Å². The van der Waals surface area contributed by atoms with Crippen molar-refractivity contribution < 1.29 is 0 Å². The monoisotopic (exact) mass is 768 g/mol. The van der Waals surface area contributed by atoms with E-state index in [0.29, 0.717) is 0 Å². The first-order valence-electron chi connectivity index (χ1n) is 20.6. The maximum atomic E-state index is 2.64. The molecule has 1 unspecified atom stereocenters. The third-order valence-corrected chi connectivity index (χ3v) is 16.3. The number of hydrogen-bond acceptors (Lipinski definition) is 0. The van der Waals surface area contributed by atoms with Gasteiger partial charge in [0.25, 0.3) is 0 Å². The van der Waals surface area contributed by atoms with E-state index < -0.39 is 0 Å². The van der Waals surface area contributed by atoms with Crippen molar-refractivity contribution in [3.8, 4) is 11.4 Å². The van der Waals surface area contributed by atoms with Crippen LogP contribution < -0.4 is 25.3 Å². The predicted octanol–water partition coefficient (Wildman–Crippen LogP) is 8.14. The third kappa shape index (κ3) is 4.60. The van der Waals surface area contributed by atoms with Gasteiger partial charge in [-0.25, -0.2) is 0 Å². The molecule has 0 bridgehead atoms. The molecule has 4 aliphatic rings. The van der Waals surface area contributed by atoms with Gasteiger partial charge in [0.2, 0.25) is 0 Å². The van der Waals surface area contributed by atoms with Gasteiger partial charge >= 0.3 is 329 Å². The molecule has 268 valence electrons. The second kappa shape index (κ2) is 11.9. The molecule has 7 aromatic rings. The quantitative estimate of drug-likeness (QED) is 0.161. The molecule has 11 rings (SSSR count). The summed E-state index contributed by atoms with van der Waals surface area (Å²) in [4.78, 5) is 0. The van der Waals surface area contributed by atoms with Gasteiger partial charge in [-0.2, -0.15) is 0 Å². The molecule has 2 aliphatic heterocycles. The molecule has 5 aromatic carbocycles. The summed E-state index contributed by atoms with van der Waals surface area (Å²) in [6.45, 7) is 12.4. The van der Waals surface area contributed by atoms with Crippen LogP contribution in [0.15, 0.2) is 97.1 Å². The first-order valence-corrected chi connectivity index (χ1v) is 22.3. The molecule has 0 saturated heterocycles. The number of fused-ring (bicyclic) bond motifs is 10. The molecule has 0 N–H and O–H groups in total. The summed E-state index contributed by atoms with van der Waals surface area (Å²) >= 11 is 0.214. The van der Waals surface area contributed by atoms with Crippen LogP contribution in [0.3, 0.4) is 0 Å². The van der Waals surface area contributed by atoms with Crippen molar-refractivity contribution in [1.82, 2.24) is 9.13 Å². The van der Waals surface area contributed by atoms with Gasteiger partial charge in [-0.15, -0.1) is 0 Å². The maximum absolute atomic E-state index is 2.64. The van der Waals surface area contributed by atoms with Crippen molar-refractivity contribution in [3.05, 3.63) is 136 Å². The molecule has 1 atom stereocenters. The zero-order valence-corrected chi connectivity index (χ0v) is 34.2. The van der Waals surface area contributed by atoms with Gasteiger partial charge in [-0.3, -0.25) is 0 Å². The average Bonchev–Trinajstić information content (AvgIpc) is 3.71. The van der Waals surface area contributed by atoms with Crippen LogP contribution in [0, 0.1) is 0 Å². The molecule has 4 heterocycles. The molecule has 0 spiro atoms. The van der Waals surface area contributed by atoms with E-state index in [2.05, 4.69) is 141 Å². The number of nitrogens with zero attached hydrogens (tertiary/aromatic N) is 2. The Morgan fingerprint density at radius 1 is 0.630 bits per heavy atom. The SMILES string of the molecule is CCC1(C)c2cc(-n3c4c(c5ccccc53)CCCC4)ccc2B2c3ccc(-n4c5c(c6ccccc64)CCCC5)cc3[Se]c3cc(C(C)(C)C)cc1c32. The minimum absolute atomic E-state index is 0.0717. The van der Waals surface area contributed by atoms with Gasteiger partial charge in [-0.1, -0.05) is 0 Å². The Morgan fingerprint density at radius 2 is 1.20 bits per heavy atom. The van der Waals surface area contributed by atoms with Crippen molar-refractivity contribution in [2.75, 3.05) is 0 Å². The van der Waals surface area contributed by atoms with Gasteiger partial charge in [0.1, 0.15) is 0 Å². The Kier molecular flexibility index (Phi) is 7.29. The predicted molar refractivity (Wildman–Crippen MR) is 231 cm³/mol. The molecule has 0 radical (unpaired) electrons. The Hall–Kier alpha value is -4.24. The van der Waals surface area contributed by atoms with Crippen molar-refractivity contribution in [3.63, 3.8) is 0 Å². The second-order valence-electron chi connectivity index (χ2n) is 17.9. The first-order chi connectivity index (χ1) is 26.2. The van der Waals surface area contributed by atoms with Gasteiger partial charge in [0.05, 0.1) is 0 Å². The summed E-state index contributed by atoms with van der Waals surface area (Å²) in [5, 5.41) is 2.90. The van der Waals surface area contributed by atoms with Gasteiger partial charge in [-0.05, 0) is 0 Å². The van der Waals surface area contributed by atoms with Crippen LogP contribution in [-0.4, -0.2) is 30.8 Å². The topological polar surface area (TPSA) is 9.86 Å². The summed E-state index contributed by atoms with van der Waals surface area (Å²) in [6, 6.07) is 38.8. The Balaban J connectivity index is 1.15. The molecular weight excluding hydrogens is 718 g/mol. The van der Waals surface area contributed by atoms with Gasteiger partial charge < -0.3 is 0 Å². The van der Waals surface area contributed by atoms with Crippen LogP contribution in [0.25, 0.3) is 33.2 Å². The Bertz CT molecular complexity index is 2700. The fraction of sp³-hybridized carbons (Fsp3) is 0.320. The zero-order chi connectivity index (χ0) is 36.5. The molecule has 0 fully saturated rings. The van der Waals surface area contributed by atoms with Crippen molar-refractivity contribution >= 4 is 68.8 Å². The standard InChI is InChI=1S/C50H49BN2Se/c1-6-50(5)38-29-32(52-42-19-11-7-15-34(42)35-16-8-12-20-43(35)52)23-25-40(38)51-41-26-24-33(53-44-21-13-9-17-36(44)37-18-10-14-22-45(37)53)30-46(41)54-47-28-31(49(2,3)4)27-39(50)48(47)51/h7,9,11,13,15,17,19,21,23-30H,6,8,10,12,14,16,18,20,22H2,1-5H3. The fourth-order valence-electron chi connectivity index (χ4n) is 11.0. The molecule has 2 aliphatic carbocycles. The van der Waals surface area contributed by atoms with Crippen molar-refractivity contribution in [2.45, 2.75) is 103 Å². The Labute approximate surface area is 327 Å². The Morgan fingerprint density at radius 3 is 1.81 bits per heavy atom. The van der Waals surface area contributed by atoms with Crippen LogP contribution >= 0.6 is 0 Å². The van der Waals surface area contributed by atoms with E-state index >= 15 is 0 Å². The number of rotatable bonds is 3. The molecule has 2 nitrogen and oxygen atoms in total. The van der Waals surface area contributed by atoms with Crippen LogP contribution in [0.2, 0.25) is 0 Å². The number of para-hydroxylation sites is 2. The number of hydrogen-bond donors (Lipinski definition) is 0. The van der Waals surface area contributed by atoms with E-state index in [-0.39, 0.29) is 32.5 Å². The van der Waals surface area contributed by atoms with E-state index in [0.717, 1.165) is 12.8 Å². The van der Waals surface area contributed by atoms with Crippen LogP contribution in [0.1, 0.15) is 106 Å². The summed E-state index contributed by atoms with van der Waals surface area (Å²) < 4.78 is 8.42. The van der Waals surface area contributed by atoms with Crippen LogP contribution in [-0.2, 0) is 36.5 Å². The van der Waals surface area contributed by atoms with Gasteiger partial charge in [0.15, 0.2) is 0 Å².